The minimum absolute atomic E-state index is 0.197. The Morgan fingerprint density at radius 1 is 1.53 bits per heavy atom. The highest BCUT2D eigenvalue weighted by Crippen LogP contribution is 2.07. The lowest BCUT2D eigenvalue weighted by atomic mass is 10.2. The number of rotatable bonds is 5. The number of hydrogen-bond donors (Lipinski definition) is 0. The second-order valence-corrected chi connectivity index (χ2v) is 3.95. The minimum Gasteiger partial charge on any atom is -0.298 e. The summed E-state index contributed by atoms with van der Waals surface area (Å²) in [6.07, 6.45) is 0. The maximum atomic E-state index is 12.9. The molecule has 1 aromatic rings. The lowest BCUT2D eigenvalue weighted by Gasteiger charge is -2.17. The molecule has 0 aromatic heterocycles. The molecule has 0 aliphatic carbocycles. The zero-order valence-corrected chi connectivity index (χ0v) is 9.60. The average molecular weight is 228 g/mol. The molecule has 0 aliphatic rings. The van der Waals surface area contributed by atoms with Crippen molar-refractivity contribution < 1.29 is 4.39 Å². The number of benzene rings is 1. The number of nitrogens with zero attached hydrogens (tertiary/aromatic N) is 1. The normalized spacial score (nSPS) is 10.7. The van der Waals surface area contributed by atoms with Gasteiger partial charge in [-0.25, -0.2) is 4.39 Å². The fraction of sp³-hybridized carbons (Fsp3) is 0.333. The van der Waals surface area contributed by atoms with Gasteiger partial charge in [-0.1, -0.05) is 18.7 Å². The van der Waals surface area contributed by atoms with Crippen molar-refractivity contribution in [3.05, 3.63) is 47.8 Å². The van der Waals surface area contributed by atoms with Gasteiger partial charge in [0.25, 0.3) is 0 Å². The van der Waals surface area contributed by atoms with E-state index in [0.29, 0.717) is 12.4 Å². The highest BCUT2D eigenvalue weighted by molar-refractivity contribution is 6.19. The van der Waals surface area contributed by atoms with Gasteiger partial charge in [-0.2, -0.15) is 0 Å². The van der Waals surface area contributed by atoms with E-state index >= 15 is 0 Å². The molecule has 0 atom stereocenters. The number of hydrogen-bond acceptors (Lipinski definition) is 1. The molecule has 1 rings (SSSR count). The van der Waals surface area contributed by atoms with Crippen LogP contribution in [0.1, 0.15) is 5.56 Å². The Hall–Kier alpha value is -0.860. The van der Waals surface area contributed by atoms with Crippen molar-refractivity contribution in [2.45, 2.75) is 6.54 Å². The fourth-order valence-corrected chi connectivity index (χ4v) is 1.51. The average Bonchev–Trinajstić information content (AvgIpc) is 2.17. The van der Waals surface area contributed by atoms with E-state index in [2.05, 4.69) is 11.5 Å². The van der Waals surface area contributed by atoms with Crippen LogP contribution in [0, 0.1) is 5.82 Å². The van der Waals surface area contributed by atoms with Crippen molar-refractivity contribution in [3.8, 4) is 0 Å². The molecule has 1 nitrogen and oxygen atoms in total. The standard InChI is InChI=1S/C12H15ClFN/c1-10(7-13)8-15(2)9-11-4-3-5-12(14)6-11/h3-6H,1,7-9H2,2H3. The van der Waals surface area contributed by atoms with Crippen molar-refractivity contribution in [1.82, 2.24) is 4.90 Å². The Bertz CT molecular complexity index is 338. The molecule has 0 N–H and O–H groups in total. The molecule has 0 radical (unpaired) electrons. The maximum absolute atomic E-state index is 12.9. The molecule has 0 saturated heterocycles. The molecule has 0 aliphatic heterocycles. The first kappa shape index (κ1) is 12.2. The van der Waals surface area contributed by atoms with Gasteiger partial charge in [-0.3, -0.25) is 4.90 Å². The first-order valence-electron chi connectivity index (χ1n) is 4.77. The van der Waals surface area contributed by atoms with Crippen LogP contribution >= 0.6 is 11.6 Å². The Balaban J connectivity index is 2.51. The summed E-state index contributed by atoms with van der Waals surface area (Å²) in [5.74, 6) is 0.269. The topological polar surface area (TPSA) is 3.24 Å². The van der Waals surface area contributed by atoms with Gasteiger partial charge in [0, 0.05) is 19.0 Å². The number of likely N-dealkylation sites (N-methyl/N-ethyl adjacent to an activating group) is 1. The van der Waals surface area contributed by atoms with Crippen LogP contribution < -0.4 is 0 Å². The maximum Gasteiger partial charge on any atom is 0.123 e. The molecule has 0 heterocycles. The van der Waals surface area contributed by atoms with E-state index < -0.39 is 0 Å². The van der Waals surface area contributed by atoms with Gasteiger partial charge in [0.15, 0.2) is 0 Å². The first-order chi connectivity index (χ1) is 7.11. The summed E-state index contributed by atoms with van der Waals surface area (Å²) in [6.45, 7) is 5.26. The lowest BCUT2D eigenvalue weighted by molar-refractivity contribution is 0.355. The van der Waals surface area contributed by atoms with E-state index in [4.69, 9.17) is 11.6 Å². The van der Waals surface area contributed by atoms with Crippen LogP contribution in [0.4, 0.5) is 4.39 Å². The summed E-state index contributed by atoms with van der Waals surface area (Å²) < 4.78 is 12.9. The first-order valence-corrected chi connectivity index (χ1v) is 5.31. The number of alkyl halides is 1. The molecule has 82 valence electrons. The summed E-state index contributed by atoms with van der Waals surface area (Å²) in [6, 6.07) is 6.61. The molecule has 0 unspecified atom stereocenters. The molecular weight excluding hydrogens is 213 g/mol. The third-order valence-corrected chi connectivity index (χ3v) is 2.40. The Morgan fingerprint density at radius 2 is 2.27 bits per heavy atom. The van der Waals surface area contributed by atoms with Gasteiger partial charge in [-0.05, 0) is 30.3 Å². The van der Waals surface area contributed by atoms with Crippen LogP contribution in [-0.2, 0) is 6.54 Å². The molecule has 0 fully saturated rings. The summed E-state index contributed by atoms with van der Waals surface area (Å²) in [4.78, 5) is 2.06. The van der Waals surface area contributed by atoms with E-state index in [0.717, 1.165) is 17.7 Å². The van der Waals surface area contributed by atoms with E-state index in [-0.39, 0.29) is 5.82 Å². The van der Waals surface area contributed by atoms with Crippen molar-refractivity contribution in [2.24, 2.45) is 0 Å². The van der Waals surface area contributed by atoms with Crippen molar-refractivity contribution in [2.75, 3.05) is 19.5 Å². The number of halogens is 2. The van der Waals surface area contributed by atoms with E-state index in [9.17, 15) is 4.39 Å². The van der Waals surface area contributed by atoms with Gasteiger partial charge < -0.3 is 0 Å². The fourth-order valence-electron chi connectivity index (χ4n) is 1.43. The smallest absolute Gasteiger partial charge is 0.123 e. The van der Waals surface area contributed by atoms with Gasteiger partial charge in [0.2, 0.25) is 0 Å². The molecule has 15 heavy (non-hydrogen) atoms. The highest BCUT2D eigenvalue weighted by Gasteiger charge is 2.02. The monoisotopic (exact) mass is 227 g/mol. The van der Waals surface area contributed by atoms with Crippen LogP contribution in [0.15, 0.2) is 36.4 Å². The predicted molar refractivity (Wildman–Crippen MR) is 62.6 cm³/mol. The minimum atomic E-state index is -0.197. The molecule has 0 bridgehead atoms. The zero-order chi connectivity index (χ0) is 11.3. The van der Waals surface area contributed by atoms with Crippen molar-refractivity contribution in [1.29, 1.82) is 0 Å². The zero-order valence-electron chi connectivity index (χ0n) is 8.84. The van der Waals surface area contributed by atoms with Crippen molar-refractivity contribution >= 4 is 11.6 Å². The van der Waals surface area contributed by atoms with Crippen molar-refractivity contribution in [3.63, 3.8) is 0 Å². The molecule has 3 heteroatoms. The van der Waals surface area contributed by atoms with Crippen LogP contribution in [0.25, 0.3) is 0 Å². The Labute approximate surface area is 95.2 Å². The summed E-state index contributed by atoms with van der Waals surface area (Å²) in [5.41, 5.74) is 1.93. The summed E-state index contributed by atoms with van der Waals surface area (Å²) >= 11 is 5.64. The lowest BCUT2D eigenvalue weighted by Crippen LogP contribution is -2.20. The molecule has 0 saturated carbocycles. The van der Waals surface area contributed by atoms with Crippen LogP contribution in [-0.4, -0.2) is 24.4 Å². The van der Waals surface area contributed by atoms with Crippen LogP contribution in [0.2, 0.25) is 0 Å². The molecular formula is C12H15ClFN. The third-order valence-electron chi connectivity index (χ3n) is 2.02. The van der Waals surface area contributed by atoms with Gasteiger partial charge in [0.05, 0.1) is 0 Å². The second-order valence-electron chi connectivity index (χ2n) is 3.69. The second kappa shape index (κ2) is 5.89. The SMILES string of the molecule is C=C(CCl)CN(C)Cc1cccc(F)c1. The predicted octanol–water partition coefficient (Wildman–Crippen LogP) is 3.05. The highest BCUT2D eigenvalue weighted by atomic mass is 35.5. The largest absolute Gasteiger partial charge is 0.298 e. The Kier molecular flexibility index (Phi) is 4.79. The molecule has 0 spiro atoms. The Morgan fingerprint density at radius 3 is 2.87 bits per heavy atom. The van der Waals surface area contributed by atoms with Crippen LogP contribution in [0.3, 0.4) is 0 Å². The summed E-state index contributed by atoms with van der Waals surface area (Å²) in [7, 11) is 1.96. The molecule has 0 amide bonds. The quantitative estimate of drug-likeness (QED) is 0.552. The van der Waals surface area contributed by atoms with Gasteiger partial charge >= 0.3 is 0 Å². The van der Waals surface area contributed by atoms with E-state index in [1.54, 1.807) is 12.1 Å². The van der Waals surface area contributed by atoms with E-state index in [1.165, 1.54) is 6.07 Å². The van der Waals surface area contributed by atoms with Gasteiger partial charge in [0.1, 0.15) is 5.82 Å². The van der Waals surface area contributed by atoms with Crippen LogP contribution in [0.5, 0.6) is 0 Å². The third kappa shape index (κ3) is 4.45. The van der Waals surface area contributed by atoms with E-state index in [1.807, 2.05) is 13.1 Å². The molecule has 1 aromatic carbocycles. The van der Waals surface area contributed by atoms with Gasteiger partial charge in [-0.15, -0.1) is 11.6 Å². The summed E-state index contributed by atoms with van der Waals surface area (Å²) in [5, 5.41) is 0.